The second-order valence-electron chi connectivity index (χ2n) is 28.2. The van der Waals surface area contributed by atoms with Gasteiger partial charge in [-0.2, -0.15) is 0 Å². The molecular weight excluding hydrogens is 1640 g/mol. The van der Waals surface area contributed by atoms with E-state index in [4.69, 9.17) is 19.9 Å². The molecule has 0 saturated heterocycles. The van der Waals surface area contributed by atoms with E-state index >= 15 is 0 Å². The minimum atomic E-state index is 0. The maximum atomic E-state index is 5.65. The number of nitrogens with zero attached hydrogens (tertiary/aromatic N) is 10. The molecule has 2 fully saturated rings. The summed E-state index contributed by atoms with van der Waals surface area (Å²) in [5.74, 6) is 4.42. The van der Waals surface area contributed by atoms with Gasteiger partial charge in [-0.1, -0.05) is 155 Å². The van der Waals surface area contributed by atoms with Gasteiger partial charge in [0, 0.05) is 22.8 Å². The number of fused-ring (bicyclic) bond motifs is 10. The number of hydrogen-bond donors (Lipinski definition) is 0. The average molecular weight is 1720 g/mol. The third-order valence-electron chi connectivity index (χ3n) is 20.9. The van der Waals surface area contributed by atoms with E-state index in [0.29, 0.717) is 17.8 Å². The molecular formula is C92H84N10Pt2. The first-order valence-corrected chi connectivity index (χ1v) is 36.4. The molecule has 0 unspecified atom stereocenters. The molecule has 4 aromatic heterocycles. The van der Waals surface area contributed by atoms with E-state index in [2.05, 4.69) is 302 Å². The van der Waals surface area contributed by atoms with Crippen molar-refractivity contribution in [1.29, 1.82) is 0 Å². The van der Waals surface area contributed by atoms with Crippen LogP contribution in [0.15, 0.2) is 243 Å². The zero-order valence-corrected chi connectivity index (χ0v) is 64.5. The molecule has 0 atom stereocenters. The Bertz CT molecular complexity index is 5290. The zero-order valence-electron chi connectivity index (χ0n) is 60.0. The zero-order chi connectivity index (χ0) is 69.4. The van der Waals surface area contributed by atoms with Gasteiger partial charge >= 0.3 is 42.1 Å². The molecule has 2 aliphatic carbocycles. The molecule has 0 amide bonds. The van der Waals surface area contributed by atoms with Gasteiger partial charge in [0.2, 0.25) is 23.8 Å². The van der Waals surface area contributed by atoms with Crippen molar-refractivity contribution < 1.29 is 42.1 Å². The van der Waals surface area contributed by atoms with Crippen LogP contribution < -0.4 is 9.80 Å². The van der Waals surface area contributed by atoms with Crippen LogP contribution >= 0.6 is 0 Å². The molecule has 0 radical (unpaired) electrons. The number of para-hydroxylation sites is 6. The summed E-state index contributed by atoms with van der Waals surface area (Å²) in [4.78, 5) is 26.6. The minimum absolute atomic E-state index is 0. The molecule has 1 aliphatic heterocycles. The van der Waals surface area contributed by atoms with Crippen molar-refractivity contribution in [2.75, 3.05) is 9.80 Å². The van der Waals surface area contributed by atoms with Crippen molar-refractivity contribution in [1.82, 2.24) is 38.2 Å². The fourth-order valence-electron chi connectivity index (χ4n) is 15.9. The van der Waals surface area contributed by atoms with E-state index < -0.39 is 0 Å². The van der Waals surface area contributed by atoms with E-state index in [1.165, 1.54) is 103 Å². The van der Waals surface area contributed by atoms with Crippen LogP contribution in [-0.4, -0.2) is 38.2 Å². The van der Waals surface area contributed by atoms with Gasteiger partial charge in [0.25, 0.3) is 0 Å². The Labute approximate surface area is 641 Å². The Kier molecular flexibility index (Phi) is 21.3. The van der Waals surface area contributed by atoms with Crippen LogP contribution in [0.4, 0.5) is 35.2 Å². The molecule has 14 aromatic rings. The summed E-state index contributed by atoms with van der Waals surface area (Å²) >= 11 is 0. The van der Waals surface area contributed by atoms with E-state index in [-0.39, 0.29) is 42.1 Å². The molecule has 12 heteroatoms. The molecule has 5 heterocycles. The molecule has 8 bridgehead atoms. The van der Waals surface area contributed by atoms with Gasteiger partial charge in [-0.15, -0.1) is 143 Å². The third kappa shape index (κ3) is 14.0. The largest absolute Gasteiger partial charge is 2.00 e. The number of hydrogen-bond acceptors (Lipinski definition) is 6. The Morgan fingerprint density at radius 3 is 1.25 bits per heavy atom. The van der Waals surface area contributed by atoms with Gasteiger partial charge in [0.1, 0.15) is 0 Å². The van der Waals surface area contributed by atoms with Crippen molar-refractivity contribution in [2.24, 2.45) is 0 Å². The molecule has 0 N–H and O–H groups in total. The molecule has 10 nitrogen and oxygen atoms in total. The third-order valence-corrected chi connectivity index (χ3v) is 20.9. The summed E-state index contributed by atoms with van der Waals surface area (Å²) < 4.78 is 9.20. The number of rotatable bonds is 13. The Morgan fingerprint density at radius 2 is 0.769 bits per heavy atom. The topological polar surface area (TPSA) is 77.8 Å². The number of aromatic nitrogens is 8. The Hall–Kier alpha value is -9.98. The van der Waals surface area contributed by atoms with E-state index in [1.54, 1.807) is 0 Å². The summed E-state index contributed by atoms with van der Waals surface area (Å²) in [5, 5.41) is 0. The predicted molar refractivity (Wildman–Crippen MR) is 415 cm³/mol. The number of benzene rings is 10. The maximum absolute atomic E-state index is 5.65. The van der Waals surface area contributed by atoms with Gasteiger partial charge < -0.3 is 0 Å². The average Bonchev–Trinajstić information content (AvgIpc) is 1.58. The van der Waals surface area contributed by atoms with Crippen LogP contribution in [0.2, 0.25) is 0 Å². The summed E-state index contributed by atoms with van der Waals surface area (Å²) in [7, 11) is 0. The minimum Gasteiger partial charge on any atom is -0.294 e. The Balaban J connectivity index is 0.000000174. The van der Waals surface area contributed by atoms with Crippen molar-refractivity contribution in [2.45, 2.75) is 130 Å². The van der Waals surface area contributed by atoms with Crippen LogP contribution in [0.3, 0.4) is 0 Å². The number of aryl methyl sites for hydroxylation is 5. The first kappa shape index (κ1) is 71.0. The fourth-order valence-corrected chi connectivity index (χ4v) is 15.9. The summed E-state index contributed by atoms with van der Waals surface area (Å²) in [6.07, 6.45) is 20.8. The van der Waals surface area contributed by atoms with Crippen LogP contribution in [-0.2, 0) is 48.6 Å². The van der Waals surface area contributed by atoms with Crippen LogP contribution in [0.5, 0.6) is 0 Å². The summed E-state index contributed by atoms with van der Waals surface area (Å²) in [5.41, 5.74) is 26.2. The van der Waals surface area contributed by atoms with Crippen LogP contribution in [0.25, 0.3) is 67.8 Å². The maximum Gasteiger partial charge on any atom is 2.00 e. The van der Waals surface area contributed by atoms with Crippen molar-refractivity contribution >= 4 is 35.2 Å². The van der Waals surface area contributed by atoms with Gasteiger partial charge in [-0.05, 0) is 178 Å². The van der Waals surface area contributed by atoms with E-state index in [9.17, 15) is 0 Å². The smallest absolute Gasteiger partial charge is 0.294 e. The molecule has 10 aromatic carbocycles. The molecule has 2 saturated carbocycles. The van der Waals surface area contributed by atoms with Gasteiger partial charge in [0.15, 0.2) is 0 Å². The predicted octanol–water partition coefficient (Wildman–Crippen LogP) is 23.2. The number of anilines is 6. The Morgan fingerprint density at radius 1 is 0.375 bits per heavy atom. The normalized spacial score (nSPS) is 13.6. The van der Waals surface area contributed by atoms with E-state index in [0.717, 1.165) is 120 Å². The van der Waals surface area contributed by atoms with Crippen molar-refractivity contribution in [3.63, 3.8) is 0 Å². The second kappa shape index (κ2) is 31.1. The van der Waals surface area contributed by atoms with Crippen LogP contribution in [0, 0.1) is 58.9 Å². The summed E-state index contributed by atoms with van der Waals surface area (Å²) in [6, 6.07) is 91.1. The van der Waals surface area contributed by atoms with Crippen molar-refractivity contribution in [3.8, 4) is 67.8 Å². The molecule has 104 heavy (non-hydrogen) atoms. The molecule has 3 aliphatic rings. The van der Waals surface area contributed by atoms with E-state index in [1.807, 2.05) is 42.5 Å². The molecule has 522 valence electrons. The quantitative estimate of drug-likeness (QED) is 0.107. The first-order chi connectivity index (χ1) is 50.0. The molecule has 17 rings (SSSR count). The number of imidazole rings is 4. The summed E-state index contributed by atoms with van der Waals surface area (Å²) in [6.45, 7) is 15.5. The van der Waals surface area contributed by atoms with Crippen LogP contribution in [0.1, 0.15) is 145 Å². The van der Waals surface area contributed by atoms with Crippen molar-refractivity contribution in [3.05, 3.63) is 323 Å². The molecule has 0 spiro atoms. The monoisotopic (exact) mass is 1720 g/mol. The van der Waals surface area contributed by atoms with Gasteiger partial charge in [-0.3, -0.25) is 48.0 Å². The van der Waals surface area contributed by atoms with Gasteiger partial charge in [-0.25, -0.2) is 0 Å². The standard InChI is InChI=1S/C50H47N5.C42H37N5.2Pt/c1-34-15-11-27-43(38-19-5-3-6-20-38)47(34)53-32-45-40-23-13-17-36(30-40)29-37-18-14-24-41(31-37)46-33-54(48-35(2)16-12-28-44(48)39-21-9-10-22-39)50(52-46)55(49(53)51-45)42-25-7-4-8-26-42;1-29(2)36-26-16-19-32(5)40(36)46-28-38(34-22-11-7-12-23-34)44-42(46)47(35-24-13-8-14-25-35)41-43-37(33-20-9-6-10-21-33)27-45(41)39-30(3)17-15-18-31(39)4;;/h4,7-8,11-18,23-28,32-33,38-39H,3,5-6,9-10,19-22,29H2,1-2H3;6-20,22,24-29H,1-5H3;;/q2*-2;2*+2. The fraction of sp³-hybridized carbons (Fsp3) is 0.217. The van der Waals surface area contributed by atoms with Gasteiger partial charge in [0.05, 0.1) is 34.1 Å². The first-order valence-electron chi connectivity index (χ1n) is 36.4. The second-order valence-corrected chi connectivity index (χ2v) is 28.2. The SMILES string of the molecule is Cc1cccc(C)c1-n1cc(-c2[c-]cccc2)nc1N(c1ccccc1)c1nc(-c2[c-]cccc2)cn1-c1c(C)cccc1C(C)C.Cc1cccc(C2CCCCC2)c1-n1cc2nc1N(c1ccccc1)c1nc(cn1-c1c(C)cccc1C1CCCC1)-c1[c-]c(ccc1)Cc1[c-]c-2ccc1.[Pt+2].[Pt+2].